The SMILES string of the molecule is Cn1c(=O)n(CC(=O)C2CCCC2)c2ccccc21. The zero-order valence-corrected chi connectivity index (χ0v) is 11.1. The van der Waals surface area contributed by atoms with E-state index in [1.807, 2.05) is 24.3 Å². The molecule has 0 amide bonds. The van der Waals surface area contributed by atoms with E-state index in [4.69, 9.17) is 0 Å². The predicted molar refractivity (Wildman–Crippen MR) is 74.1 cm³/mol. The molecule has 4 heteroatoms. The van der Waals surface area contributed by atoms with Gasteiger partial charge in [0.1, 0.15) is 0 Å². The van der Waals surface area contributed by atoms with E-state index in [1.54, 1.807) is 16.2 Å². The zero-order chi connectivity index (χ0) is 13.4. The highest BCUT2D eigenvalue weighted by atomic mass is 16.2. The van der Waals surface area contributed by atoms with Crippen molar-refractivity contribution in [2.24, 2.45) is 13.0 Å². The molecule has 0 unspecified atom stereocenters. The summed E-state index contributed by atoms with van der Waals surface area (Å²) in [6.45, 7) is 0.213. The van der Waals surface area contributed by atoms with Crippen molar-refractivity contribution >= 4 is 16.8 Å². The van der Waals surface area contributed by atoms with Crippen LogP contribution in [-0.2, 0) is 18.4 Å². The molecule has 1 aliphatic rings. The number of carbonyl (C=O) groups excluding carboxylic acids is 1. The number of aromatic nitrogens is 2. The summed E-state index contributed by atoms with van der Waals surface area (Å²) < 4.78 is 3.22. The third-order valence-electron chi connectivity index (χ3n) is 4.18. The van der Waals surface area contributed by atoms with Crippen molar-refractivity contribution in [2.45, 2.75) is 32.2 Å². The fraction of sp³-hybridized carbons (Fsp3) is 0.467. The Balaban J connectivity index is 1.98. The number of fused-ring (bicyclic) bond motifs is 1. The quantitative estimate of drug-likeness (QED) is 0.846. The monoisotopic (exact) mass is 258 g/mol. The van der Waals surface area contributed by atoms with E-state index in [9.17, 15) is 9.59 Å². The van der Waals surface area contributed by atoms with E-state index in [2.05, 4.69) is 0 Å². The van der Waals surface area contributed by atoms with E-state index < -0.39 is 0 Å². The molecule has 0 atom stereocenters. The summed E-state index contributed by atoms with van der Waals surface area (Å²) in [5.74, 6) is 0.363. The highest BCUT2D eigenvalue weighted by Crippen LogP contribution is 2.26. The largest absolute Gasteiger partial charge is 0.329 e. The predicted octanol–water partition coefficient (Wildman–Crippen LogP) is 2.10. The van der Waals surface area contributed by atoms with Crippen LogP contribution in [0.15, 0.2) is 29.1 Å². The van der Waals surface area contributed by atoms with Gasteiger partial charge >= 0.3 is 5.69 Å². The number of aryl methyl sites for hydroxylation is 1. The normalized spacial score (nSPS) is 16.3. The number of imidazole rings is 1. The van der Waals surface area contributed by atoms with Crippen LogP contribution in [0, 0.1) is 5.92 Å². The molecule has 1 aromatic carbocycles. The van der Waals surface area contributed by atoms with Gasteiger partial charge in [-0.15, -0.1) is 0 Å². The summed E-state index contributed by atoms with van der Waals surface area (Å²) in [5, 5.41) is 0. The molecule has 0 N–H and O–H groups in total. The minimum Gasteiger partial charge on any atom is -0.297 e. The molecule has 3 rings (SSSR count). The van der Waals surface area contributed by atoms with Crippen LogP contribution in [0.25, 0.3) is 11.0 Å². The lowest BCUT2D eigenvalue weighted by atomic mass is 10.0. The van der Waals surface area contributed by atoms with Gasteiger partial charge in [-0.1, -0.05) is 25.0 Å². The zero-order valence-electron chi connectivity index (χ0n) is 11.1. The summed E-state index contributed by atoms with van der Waals surface area (Å²) in [7, 11) is 1.75. The van der Waals surface area contributed by atoms with Crippen molar-refractivity contribution in [2.75, 3.05) is 0 Å². The number of ketones is 1. The van der Waals surface area contributed by atoms with Crippen molar-refractivity contribution in [1.29, 1.82) is 0 Å². The lowest BCUT2D eigenvalue weighted by Gasteiger charge is -2.08. The Morgan fingerprint density at radius 3 is 2.53 bits per heavy atom. The van der Waals surface area contributed by atoms with Crippen molar-refractivity contribution in [1.82, 2.24) is 9.13 Å². The second-order valence-corrected chi connectivity index (χ2v) is 5.36. The van der Waals surface area contributed by atoms with Crippen LogP contribution in [0.4, 0.5) is 0 Å². The van der Waals surface area contributed by atoms with Crippen LogP contribution in [0.3, 0.4) is 0 Å². The molecule has 4 nitrogen and oxygen atoms in total. The summed E-state index contributed by atoms with van der Waals surface area (Å²) in [6, 6.07) is 7.62. The van der Waals surface area contributed by atoms with Crippen LogP contribution >= 0.6 is 0 Å². The van der Waals surface area contributed by atoms with Crippen LogP contribution in [0.1, 0.15) is 25.7 Å². The first-order chi connectivity index (χ1) is 9.18. The maximum Gasteiger partial charge on any atom is 0.329 e. The molecule has 0 spiro atoms. The molecule has 0 aliphatic heterocycles. The number of rotatable bonds is 3. The lowest BCUT2D eigenvalue weighted by Crippen LogP contribution is -2.27. The lowest BCUT2D eigenvalue weighted by molar-refractivity contribution is -0.123. The van der Waals surface area contributed by atoms with Crippen molar-refractivity contribution in [3.8, 4) is 0 Å². The number of carbonyl (C=O) groups is 1. The van der Waals surface area contributed by atoms with E-state index >= 15 is 0 Å². The summed E-state index contributed by atoms with van der Waals surface area (Å²) in [5.41, 5.74) is 1.63. The Labute approximate surface area is 111 Å². The Bertz CT molecular complexity index is 675. The molecule has 0 radical (unpaired) electrons. The topological polar surface area (TPSA) is 44.0 Å². The van der Waals surface area contributed by atoms with Gasteiger partial charge in [0.05, 0.1) is 17.6 Å². The van der Waals surface area contributed by atoms with Crippen LogP contribution < -0.4 is 5.69 Å². The molecule has 0 saturated heterocycles. The number of para-hydroxylation sites is 2. The first-order valence-corrected chi connectivity index (χ1v) is 6.85. The molecule has 2 aromatic rings. The second kappa shape index (κ2) is 4.68. The van der Waals surface area contributed by atoms with E-state index in [1.165, 1.54) is 0 Å². The van der Waals surface area contributed by atoms with Crippen molar-refractivity contribution in [3.63, 3.8) is 0 Å². The molecule has 1 heterocycles. The van der Waals surface area contributed by atoms with Crippen molar-refractivity contribution in [3.05, 3.63) is 34.7 Å². The molecular formula is C15H18N2O2. The Morgan fingerprint density at radius 1 is 1.21 bits per heavy atom. The molecular weight excluding hydrogens is 240 g/mol. The van der Waals surface area contributed by atoms with Crippen LogP contribution in [0.2, 0.25) is 0 Å². The van der Waals surface area contributed by atoms with E-state index in [0.717, 1.165) is 36.7 Å². The second-order valence-electron chi connectivity index (χ2n) is 5.36. The first kappa shape index (κ1) is 12.2. The standard InChI is InChI=1S/C15H18N2O2/c1-16-12-8-4-5-9-13(12)17(15(16)19)10-14(18)11-6-2-3-7-11/h4-5,8-9,11H,2-3,6-7,10H2,1H3. The van der Waals surface area contributed by atoms with Gasteiger partial charge in [-0.3, -0.25) is 13.9 Å². The maximum absolute atomic E-state index is 12.3. The molecule has 0 bridgehead atoms. The highest BCUT2D eigenvalue weighted by molar-refractivity contribution is 5.84. The highest BCUT2D eigenvalue weighted by Gasteiger charge is 2.24. The number of benzene rings is 1. The van der Waals surface area contributed by atoms with E-state index in [-0.39, 0.29) is 23.9 Å². The van der Waals surface area contributed by atoms with Gasteiger partial charge in [0.15, 0.2) is 5.78 Å². The first-order valence-electron chi connectivity index (χ1n) is 6.85. The van der Waals surface area contributed by atoms with Gasteiger partial charge in [-0.05, 0) is 25.0 Å². The molecule has 1 fully saturated rings. The van der Waals surface area contributed by atoms with Gasteiger partial charge in [0.25, 0.3) is 0 Å². The number of hydrogen-bond donors (Lipinski definition) is 0. The smallest absolute Gasteiger partial charge is 0.297 e. The molecule has 1 aromatic heterocycles. The maximum atomic E-state index is 12.3. The van der Waals surface area contributed by atoms with E-state index in [0.29, 0.717) is 0 Å². The fourth-order valence-electron chi connectivity index (χ4n) is 3.05. The Morgan fingerprint density at radius 2 is 1.84 bits per heavy atom. The Hall–Kier alpha value is -1.84. The van der Waals surface area contributed by atoms with Crippen LogP contribution in [0.5, 0.6) is 0 Å². The van der Waals surface area contributed by atoms with Gasteiger partial charge < -0.3 is 0 Å². The number of Topliss-reactive ketones (excluding diaryl/α,β-unsaturated/α-hetero) is 1. The number of nitrogens with zero attached hydrogens (tertiary/aromatic N) is 2. The summed E-state index contributed by atoms with van der Waals surface area (Å²) in [4.78, 5) is 24.5. The molecule has 19 heavy (non-hydrogen) atoms. The minimum atomic E-state index is -0.104. The van der Waals surface area contributed by atoms with Crippen LogP contribution in [-0.4, -0.2) is 14.9 Å². The average Bonchev–Trinajstić information content (AvgIpc) is 3.03. The summed E-state index contributed by atoms with van der Waals surface area (Å²) >= 11 is 0. The molecule has 1 saturated carbocycles. The minimum absolute atomic E-state index is 0.104. The van der Waals surface area contributed by atoms with Gasteiger partial charge in [-0.25, -0.2) is 4.79 Å². The van der Waals surface area contributed by atoms with Crippen molar-refractivity contribution < 1.29 is 4.79 Å². The average molecular weight is 258 g/mol. The van der Waals surface area contributed by atoms with Gasteiger partial charge in [-0.2, -0.15) is 0 Å². The van der Waals surface area contributed by atoms with Gasteiger partial charge in [0.2, 0.25) is 0 Å². The number of hydrogen-bond acceptors (Lipinski definition) is 2. The Kier molecular flexibility index (Phi) is 3.01. The third kappa shape index (κ3) is 2.01. The fourth-order valence-corrected chi connectivity index (χ4v) is 3.05. The third-order valence-corrected chi connectivity index (χ3v) is 4.18. The molecule has 100 valence electrons. The summed E-state index contributed by atoms with van der Waals surface area (Å²) in [6.07, 6.45) is 4.25. The van der Waals surface area contributed by atoms with Gasteiger partial charge in [0, 0.05) is 13.0 Å². The molecule has 1 aliphatic carbocycles.